The smallest absolute Gasteiger partial charge is 0.342 e. The minimum Gasteiger partial charge on any atom is -0.496 e. The SMILES string of the molecule is COc1ccc(C)cc1C(=O)OCC(=O)N[C@](C)(C#N)C1CC1. The molecule has 1 N–H and O–H groups in total. The Morgan fingerprint density at radius 2 is 2.13 bits per heavy atom. The number of esters is 1. The molecule has 0 radical (unpaired) electrons. The van der Waals surface area contributed by atoms with E-state index in [1.54, 1.807) is 19.1 Å². The van der Waals surface area contributed by atoms with Crippen LogP contribution in [0.2, 0.25) is 0 Å². The Hall–Kier alpha value is -2.55. The minimum absolute atomic E-state index is 0.170. The van der Waals surface area contributed by atoms with E-state index in [9.17, 15) is 14.9 Å². The van der Waals surface area contributed by atoms with Crippen molar-refractivity contribution in [2.45, 2.75) is 32.2 Å². The van der Waals surface area contributed by atoms with Gasteiger partial charge >= 0.3 is 5.97 Å². The first-order valence-corrected chi connectivity index (χ1v) is 7.43. The highest BCUT2D eigenvalue weighted by atomic mass is 16.5. The molecule has 0 saturated heterocycles. The first-order chi connectivity index (χ1) is 10.9. The van der Waals surface area contributed by atoms with E-state index in [4.69, 9.17) is 9.47 Å². The molecule has 2 rings (SSSR count). The molecule has 1 aromatic rings. The number of ether oxygens (including phenoxy) is 2. The molecule has 1 aliphatic carbocycles. The second kappa shape index (κ2) is 6.69. The van der Waals surface area contributed by atoms with E-state index in [1.165, 1.54) is 7.11 Å². The van der Waals surface area contributed by atoms with Gasteiger partial charge < -0.3 is 14.8 Å². The van der Waals surface area contributed by atoms with Crippen molar-refractivity contribution in [1.29, 1.82) is 5.26 Å². The van der Waals surface area contributed by atoms with Crippen LogP contribution < -0.4 is 10.1 Å². The summed E-state index contributed by atoms with van der Waals surface area (Å²) in [6, 6.07) is 7.25. The van der Waals surface area contributed by atoms with Gasteiger partial charge in [0.1, 0.15) is 16.9 Å². The predicted octanol–water partition coefficient (Wildman–Crippen LogP) is 1.97. The lowest BCUT2D eigenvalue weighted by Gasteiger charge is -2.22. The molecule has 1 fully saturated rings. The summed E-state index contributed by atoms with van der Waals surface area (Å²) < 4.78 is 10.2. The number of nitrogens with one attached hydrogen (secondary N) is 1. The molecule has 1 saturated carbocycles. The summed E-state index contributed by atoms with van der Waals surface area (Å²) in [4.78, 5) is 24.1. The summed E-state index contributed by atoms with van der Waals surface area (Å²) in [6.07, 6.45) is 1.84. The Kier molecular flexibility index (Phi) is 4.89. The van der Waals surface area contributed by atoms with Crippen LogP contribution in [0.15, 0.2) is 18.2 Å². The summed E-state index contributed by atoms with van der Waals surface area (Å²) in [5.41, 5.74) is 0.253. The summed E-state index contributed by atoms with van der Waals surface area (Å²) in [5, 5.41) is 11.9. The monoisotopic (exact) mass is 316 g/mol. The van der Waals surface area contributed by atoms with Gasteiger partial charge in [-0.1, -0.05) is 11.6 Å². The lowest BCUT2D eigenvalue weighted by atomic mass is 9.98. The molecule has 122 valence electrons. The standard InChI is InChI=1S/C17H20N2O4/c1-11-4-7-14(22-3)13(8-11)16(21)23-9-15(20)19-17(2,10-18)12-5-6-12/h4,7-8,12H,5-6,9H2,1-3H3,(H,19,20)/t17-/m1/s1. The van der Waals surface area contributed by atoms with Gasteiger partial charge in [-0.2, -0.15) is 5.26 Å². The molecule has 0 aliphatic heterocycles. The van der Waals surface area contributed by atoms with Crippen molar-refractivity contribution in [1.82, 2.24) is 5.32 Å². The lowest BCUT2D eigenvalue weighted by Crippen LogP contribution is -2.48. The van der Waals surface area contributed by atoms with E-state index in [-0.39, 0.29) is 11.5 Å². The fraction of sp³-hybridized carbons (Fsp3) is 0.471. The van der Waals surface area contributed by atoms with Gasteiger partial charge in [-0.05, 0) is 44.7 Å². The Morgan fingerprint density at radius 1 is 1.43 bits per heavy atom. The number of hydrogen-bond donors (Lipinski definition) is 1. The molecule has 1 aromatic carbocycles. The molecule has 0 aromatic heterocycles. The molecule has 6 nitrogen and oxygen atoms in total. The molecule has 1 aliphatic rings. The quantitative estimate of drug-likeness (QED) is 0.811. The largest absolute Gasteiger partial charge is 0.496 e. The first kappa shape index (κ1) is 16.8. The van der Waals surface area contributed by atoms with Gasteiger partial charge in [-0.15, -0.1) is 0 Å². The van der Waals surface area contributed by atoms with Crippen molar-refractivity contribution in [3.8, 4) is 11.8 Å². The maximum atomic E-state index is 12.1. The topological polar surface area (TPSA) is 88.4 Å². The van der Waals surface area contributed by atoms with Gasteiger partial charge in [0.15, 0.2) is 6.61 Å². The number of amides is 1. The second-order valence-corrected chi connectivity index (χ2v) is 5.92. The molecule has 6 heteroatoms. The summed E-state index contributed by atoms with van der Waals surface area (Å²) in [7, 11) is 1.46. The van der Waals surface area contributed by atoms with Crippen LogP contribution in [-0.4, -0.2) is 31.1 Å². The van der Waals surface area contributed by atoms with Crippen molar-refractivity contribution >= 4 is 11.9 Å². The highest BCUT2D eigenvalue weighted by molar-refractivity contribution is 5.94. The summed E-state index contributed by atoms with van der Waals surface area (Å²) >= 11 is 0. The number of aryl methyl sites for hydroxylation is 1. The normalized spacial score (nSPS) is 15.9. The van der Waals surface area contributed by atoms with Crippen molar-refractivity contribution in [3.05, 3.63) is 29.3 Å². The number of methoxy groups -OCH3 is 1. The number of carbonyl (C=O) groups is 2. The van der Waals surface area contributed by atoms with E-state index in [2.05, 4.69) is 11.4 Å². The van der Waals surface area contributed by atoms with Crippen LogP contribution in [0.3, 0.4) is 0 Å². The summed E-state index contributed by atoms with van der Waals surface area (Å²) in [5.74, 6) is -0.559. The molecular weight excluding hydrogens is 296 g/mol. The molecule has 1 atom stereocenters. The highest BCUT2D eigenvalue weighted by Gasteiger charge is 2.43. The molecule has 0 spiro atoms. The zero-order valence-electron chi connectivity index (χ0n) is 13.5. The van der Waals surface area contributed by atoms with Crippen molar-refractivity contribution < 1.29 is 19.1 Å². The van der Waals surface area contributed by atoms with Gasteiger partial charge in [0.25, 0.3) is 5.91 Å². The number of carbonyl (C=O) groups excluding carboxylic acids is 2. The second-order valence-electron chi connectivity index (χ2n) is 5.92. The molecule has 0 heterocycles. The Bertz CT molecular complexity index is 661. The minimum atomic E-state index is -0.898. The van der Waals surface area contributed by atoms with E-state index >= 15 is 0 Å². The molecular formula is C17H20N2O4. The zero-order valence-corrected chi connectivity index (χ0v) is 13.5. The highest BCUT2D eigenvalue weighted by Crippen LogP contribution is 2.39. The van der Waals surface area contributed by atoms with E-state index < -0.39 is 24.0 Å². The van der Waals surface area contributed by atoms with Crippen LogP contribution in [0.25, 0.3) is 0 Å². The van der Waals surface area contributed by atoms with E-state index in [1.807, 2.05) is 13.0 Å². The molecule has 23 heavy (non-hydrogen) atoms. The maximum Gasteiger partial charge on any atom is 0.342 e. The fourth-order valence-corrected chi connectivity index (χ4v) is 2.40. The van der Waals surface area contributed by atoms with Gasteiger partial charge in [0, 0.05) is 0 Å². The van der Waals surface area contributed by atoms with Gasteiger partial charge in [-0.25, -0.2) is 4.79 Å². The third-order valence-corrected chi connectivity index (χ3v) is 3.93. The van der Waals surface area contributed by atoms with Crippen LogP contribution in [0, 0.1) is 24.2 Å². The lowest BCUT2D eigenvalue weighted by molar-refractivity contribution is -0.125. The first-order valence-electron chi connectivity index (χ1n) is 7.43. The molecule has 0 bridgehead atoms. The van der Waals surface area contributed by atoms with Crippen LogP contribution >= 0.6 is 0 Å². The van der Waals surface area contributed by atoms with Crippen LogP contribution in [-0.2, 0) is 9.53 Å². The van der Waals surface area contributed by atoms with E-state index in [0.29, 0.717) is 5.75 Å². The Balaban J connectivity index is 1.95. The van der Waals surface area contributed by atoms with Crippen molar-refractivity contribution in [2.24, 2.45) is 5.92 Å². The summed E-state index contributed by atoms with van der Waals surface area (Å²) in [6.45, 7) is 3.10. The van der Waals surface area contributed by atoms with Crippen molar-refractivity contribution in [2.75, 3.05) is 13.7 Å². The number of rotatable bonds is 6. The number of nitrogens with zero attached hydrogens (tertiary/aromatic N) is 1. The Morgan fingerprint density at radius 3 is 2.70 bits per heavy atom. The molecule has 0 unspecified atom stereocenters. The fourth-order valence-electron chi connectivity index (χ4n) is 2.40. The van der Waals surface area contributed by atoms with Crippen LogP contribution in [0.5, 0.6) is 5.75 Å². The predicted molar refractivity (Wildman–Crippen MR) is 82.9 cm³/mol. The Labute approximate surface area is 135 Å². The average Bonchev–Trinajstić information content (AvgIpc) is 3.37. The molecule has 1 amide bonds. The van der Waals surface area contributed by atoms with Gasteiger partial charge in [-0.3, -0.25) is 4.79 Å². The van der Waals surface area contributed by atoms with Crippen LogP contribution in [0.4, 0.5) is 0 Å². The third kappa shape index (κ3) is 4.01. The number of benzene rings is 1. The van der Waals surface area contributed by atoms with Crippen LogP contribution in [0.1, 0.15) is 35.7 Å². The van der Waals surface area contributed by atoms with E-state index in [0.717, 1.165) is 18.4 Å². The van der Waals surface area contributed by atoms with Crippen molar-refractivity contribution in [3.63, 3.8) is 0 Å². The average molecular weight is 316 g/mol. The van der Waals surface area contributed by atoms with Gasteiger partial charge in [0.2, 0.25) is 0 Å². The number of hydrogen-bond acceptors (Lipinski definition) is 5. The number of nitriles is 1. The van der Waals surface area contributed by atoms with Gasteiger partial charge in [0.05, 0.1) is 13.2 Å². The third-order valence-electron chi connectivity index (χ3n) is 3.93. The maximum absolute atomic E-state index is 12.1. The zero-order chi connectivity index (χ0) is 17.0.